The molecule has 6 heteroatoms. The Balaban J connectivity index is 1.69. The predicted octanol–water partition coefficient (Wildman–Crippen LogP) is 1.39. The molecule has 0 saturated heterocycles. The lowest BCUT2D eigenvalue weighted by Gasteiger charge is -2.07. The van der Waals surface area contributed by atoms with Gasteiger partial charge in [-0.15, -0.1) is 0 Å². The van der Waals surface area contributed by atoms with Crippen LogP contribution in [0.2, 0.25) is 0 Å². The summed E-state index contributed by atoms with van der Waals surface area (Å²) in [6, 6.07) is 7.98. The van der Waals surface area contributed by atoms with E-state index in [4.69, 9.17) is 0 Å². The third-order valence-corrected chi connectivity index (χ3v) is 2.60. The molecule has 0 aliphatic rings. The lowest BCUT2D eigenvalue weighted by molar-refractivity contribution is -0.120. The zero-order chi connectivity index (χ0) is 14.2. The fourth-order valence-electron chi connectivity index (χ4n) is 1.64. The van der Waals surface area contributed by atoms with Gasteiger partial charge in [-0.1, -0.05) is 18.2 Å². The van der Waals surface area contributed by atoms with E-state index in [1.165, 1.54) is 6.07 Å². The maximum absolute atomic E-state index is 13.4. The molecule has 0 fully saturated rings. The predicted molar refractivity (Wildman–Crippen MR) is 73.6 cm³/mol. The normalized spacial score (nSPS) is 10.1. The van der Waals surface area contributed by atoms with Crippen molar-refractivity contribution in [2.75, 3.05) is 18.4 Å². The van der Waals surface area contributed by atoms with Crippen molar-refractivity contribution in [1.29, 1.82) is 0 Å². The highest BCUT2D eigenvalue weighted by atomic mass is 19.1. The Kier molecular flexibility index (Phi) is 5.00. The molecule has 2 aromatic rings. The third-order valence-electron chi connectivity index (χ3n) is 2.60. The first-order valence-electron chi connectivity index (χ1n) is 6.26. The van der Waals surface area contributed by atoms with Gasteiger partial charge in [-0.2, -0.15) is 0 Å². The van der Waals surface area contributed by atoms with Crippen LogP contribution in [-0.4, -0.2) is 29.0 Å². The lowest BCUT2D eigenvalue weighted by atomic mass is 10.1. The molecule has 0 saturated carbocycles. The summed E-state index contributed by atoms with van der Waals surface area (Å²) in [5, 5.41) is 5.67. The van der Waals surface area contributed by atoms with Gasteiger partial charge in [-0.05, 0) is 17.7 Å². The van der Waals surface area contributed by atoms with Crippen molar-refractivity contribution in [3.63, 3.8) is 0 Å². The fourth-order valence-corrected chi connectivity index (χ4v) is 1.64. The first kappa shape index (κ1) is 13.9. The van der Waals surface area contributed by atoms with E-state index in [2.05, 4.69) is 20.6 Å². The van der Waals surface area contributed by atoms with E-state index in [-0.39, 0.29) is 18.1 Å². The molecule has 0 spiro atoms. The summed E-state index contributed by atoms with van der Waals surface area (Å²) in [5.41, 5.74) is 0.393. The summed E-state index contributed by atoms with van der Waals surface area (Å²) in [5.74, 6) is -0.0693. The minimum absolute atomic E-state index is 0.0362. The third kappa shape index (κ3) is 4.31. The summed E-state index contributed by atoms with van der Waals surface area (Å²) in [6.45, 7) is 0.929. The molecule has 0 radical (unpaired) electrons. The maximum atomic E-state index is 13.4. The van der Waals surface area contributed by atoms with Gasteiger partial charge in [-0.25, -0.2) is 14.4 Å². The van der Waals surface area contributed by atoms with Crippen molar-refractivity contribution >= 4 is 11.9 Å². The second-order valence-corrected chi connectivity index (χ2v) is 4.12. The summed E-state index contributed by atoms with van der Waals surface area (Å²) < 4.78 is 13.4. The Morgan fingerprint density at radius 2 is 1.85 bits per heavy atom. The lowest BCUT2D eigenvalue weighted by Crippen LogP contribution is -2.30. The topological polar surface area (TPSA) is 66.9 Å². The number of nitrogens with one attached hydrogen (secondary N) is 2. The first-order chi connectivity index (χ1) is 9.75. The van der Waals surface area contributed by atoms with Crippen molar-refractivity contribution in [2.45, 2.75) is 6.42 Å². The minimum atomic E-state index is -0.363. The van der Waals surface area contributed by atoms with Gasteiger partial charge in [0.05, 0.1) is 6.42 Å². The van der Waals surface area contributed by atoms with Gasteiger partial charge < -0.3 is 10.6 Å². The molecule has 0 bridgehead atoms. The van der Waals surface area contributed by atoms with Crippen LogP contribution < -0.4 is 10.6 Å². The van der Waals surface area contributed by atoms with Crippen LogP contribution in [0.25, 0.3) is 0 Å². The second-order valence-electron chi connectivity index (χ2n) is 4.12. The van der Waals surface area contributed by atoms with Gasteiger partial charge in [0.2, 0.25) is 11.9 Å². The van der Waals surface area contributed by atoms with Gasteiger partial charge in [0, 0.05) is 25.5 Å². The number of carbonyl (C=O) groups excluding carboxylic acids is 1. The monoisotopic (exact) mass is 274 g/mol. The van der Waals surface area contributed by atoms with Crippen molar-refractivity contribution in [2.24, 2.45) is 0 Å². The van der Waals surface area contributed by atoms with Crippen molar-refractivity contribution in [1.82, 2.24) is 15.3 Å². The molecular formula is C14H15FN4O. The number of amides is 1. The average Bonchev–Trinajstić information content (AvgIpc) is 2.47. The van der Waals surface area contributed by atoms with Crippen molar-refractivity contribution in [3.05, 3.63) is 54.1 Å². The van der Waals surface area contributed by atoms with Crippen LogP contribution in [-0.2, 0) is 11.2 Å². The van der Waals surface area contributed by atoms with E-state index < -0.39 is 0 Å². The summed E-state index contributed by atoms with van der Waals surface area (Å²) in [4.78, 5) is 19.6. The van der Waals surface area contributed by atoms with E-state index in [0.29, 0.717) is 24.6 Å². The Labute approximate surface area is 116 Å². The van der Waals surface area contributed by atoms with Gasteiger partial charge >= 0.3 is 0 Å². The summed E-state index contributed by atoms with van der Waals surface area (Å²) in [6.07, 6.45) is 3.30. The first-order valence-corrected chi connectivity index (χ1v) is 6.26. The largest absolute Gasteiger partial charge is 0.354 e. The van der Waals surface area contributed by atoms with E-state index in [0.717, 1.165) is 0 Å². The zero-order valence-electron chi connectivity index (χ0n) is 10.8. The van der Waals surface area contributed by atoms with Crippen molar-refractivity contribution < 1.29 is 9.18 Å². The maximum Gasteiger partial charge on any atom is 0.224 e. The number of hydrogen-bond acceptors (Lipinski definition) is 4. The molecule has 5 nitrogen and oxygen atoms in total. The molecule has 104 valence electrons. The van der Waals surface area contributed by atoms with Crippen LogP contribution in [0.1, 0.15) is 5.56 Å². The van der Waals surface area contributed by atoms with Gasteiger partial charge in [0.15, 0.2) is 0 Å². The molecule has 1 amide bonds. The standard InChI is InChI=1S/C14H15FN4O/c15-12-5-2-1-4-11(12)10-13(20)16-8-9-19-14-17-6-3-7-18-14/h1-7H,8-10H2,(H,16,20)(H,17,18,19). The Hall–Kier alpha value is -2.50. The van der Waals surface area contributed by atoms with Crippen LogP contribution in [0, 0.1) is 5.82 Å². The van der Waals surface area contributed by atoms with E-state index in [9.17, 15) is 9.18 Å². The minimum Gasteiger partial charge on any atom is -0.354 e. The molecule has 0 unspecified atom stereocenters. The highest BCUT2D eigenvalue weighted by Crippen LogP contribution is 2.06. The molecule has 2 N–H and O–H groups in total. The molecule has 1 aromatic heterocycles. The summed E-state index contributed by atoms with van der Waals surface area (Å²) >= 11 is 0. The molecular weight excluding hydrogens is 259 g/mol. The smallest absolute Gasteiger partial charge is 0.224 e. The number of aromatic nitrogens is 2. The van der Waals surface area contributed by atoms with Crippen LogP contribution >= 0.6 is 0 Å². The van der Waals surface area contributed by atoms with Crippen LogP contribution in [0.15, 0.2) is 42.7 Å². The van der Waals surface area contributed by atoms with Gasteiger partial charge in [-0.3, -0.25) is 4.79 Å². The van der Waals surface area contributed by atoms with Gasteiger partial charge in [0.1, 0.15) is 5.82 Å². The average molecular weight is 274 g/mol. The number of carbonyl (C=O) groups is 1. The molecule has 2 rings (SSSR count). The zero-order valence-corrected chi connectivity index (χ0v) is 10.8. The number of benzene rings is 1. The molecule has 0 aliphatic heterocycles. The SMILES string of the molecule is O=C(Cc1ccccc1F)NCCNc1ncccn1. The Morgan fingerprint density at radius 1 is 1.10 bits per heavy atom. The second kappa shape index (κ2) is 7.18. The Morgan fingerprint density at radius 3 is 2.60 bits per heavy atom. The molecule has 0 atom stereocenters. The summed E-state index contributed by atoms with van der Waals surface area (Å²) in [7, 11) is 0. The highest BCUT2D eigenvalue weighted by molar-refractivity contribution is 5.78. The number of anilines is 1. The van der Waals surface area contributed by atoms with E-state index in [1.54, 1.807) is 36.7 Å². The Bertz CT molecular complexity index is 562. The number of hydrogen-bond donors (Lipinski definition) is 2. The quantitative estimate of drug-likeness (QED) is 0.781. The number of rotatable bonds is 6. The van der Waals surface area contributed by atoms with E-state index in [1.807, 2.05) is 0 Å². The number of halogens is 1. The van der Waals surface area contributed by atoms with E-state index >= 15 is 0 Å². The van der Waals surface area contributed by atoms with Crippen molar-refractivity contribution in [3.8, 4) is 0 Å². The molecule has 1 aromatic carbocycles. The molecule has 20 heavy (non-hydrogen) atoms. The number of nitrogens with zero attached hydrogens (tertiary/aromatic N) is 2. The van der Waals surface area contributed by atoms with Gasteiger partial charge in [0.25, 0.3) is 0 Å². The van der Waals surface area contributed by atoms with Crippen LogP contribution in [0.3, 0.4) is 0 Å². The molecule has 0 aliphatic carbocycles. The molecule has 1 heterocycles. The van der Waals surface area contributed by atoms with Crippen LogP contribution in [0.5, 0.6) is 0 Å². The fraction of sp³-hybridized carbons (Fsp3) is 0.214. The van der Waals surface area contributed by atoms with Crippen LogP contribution in [0.4, 0.5) is 10.3 Å². The highest BCUT2D eigenvalue weighted by Gasteiger charge is 2.06.